The molecule has 1 N–H and O–H groups in total. The molecule has 2 aromatic carbocycles. The smallest absolute Gasteiger partial charge is 0.163 e. The SMILES string of the molecule is CCCc1c(C=Cc2ccc(C#N)cc2)ccc(C(C)=O)c1O. The monoisotopic (exact) mass is 305 g/mol. The summed E-state index contributed by atoms with van der Waals surface area (Å²) in [6, 6.07) is 12.9. The van der Waals surface area contributed by atoms with Gasteiger partial charge in [-0.1, -0.05) is 43.7 Å². The number of nitriles is 1. The van der Waals surface area contributed by atoms with E-state index in [1.807, 2.05) is 37.3 Å². The van der Waals surface area contributed by atoms with Gasteiger partial charge in [-0.15, -0.1) is 0 Å². The van der Waals surface area contributed by atoms with Crippen LogP contribution < -0.4 is 0 Å². The molecular weight excluding hydrogens is 286 g/mol. The third kappa shape index (κ3) is 3.87. The highest BCUT2D eigenvalue weighted by Gasteiger charge is 2.13. The number of hydrogen-bond donors (Lipinski definition) is 1. The molecule has 0 amide bonds. The Kier molecular flexibility index (Phi) is 5.32. The van der Waals surface area contributed by atoms with Crippen LogP contribution in [0.25, 0.3) is 12.2 Å². The molecule has 0 bridgehead atoms. The molecule has 3 nitrogen and oxygen atoms in total. The van der Waals surface area contributed by atoms with E-state index < -0.39 is 0 Å². The van der Waals surface area contributed by atoms with Gasteiger partial charge in [0.05, 0.1) is 17.2 Å². The molecule has 0 aliphatic rings. The topological polar surface area (TPSA) is 61.1 Å². The maximum atomic E-state index is 11.6. The summed E-state index contributed by atoms with van der Waals surface area (Å²) < 4.78 is 0. The molecule has 0 saturated heterocycles. The normalized spacial score (nSPS) is 10.7. The van der Waals surface area contributed by atoms with Gasteiger partial charge in [0.15, 0.2) is 5.78 Å². The van der Waals surface area contributed by atoms with E-state index in [-0.39, 0.29) is 11.5 Å². The number of benzene rings is 2. The summed E-state index contributed by atoms with van der Waals surface area (Å²) in [5.41, 5.74) is 3.66. The van der Waals surface area contributed by atoms with Crippen LogP contribution in [0.5, 0.6) is 5.75 Å². The van der Waals surface area contributed by atoms with E-state index in [1.165, 1.54) is 6.92 Å². The minimum Gasteiger partial charge on any atom is -0.507 e. The van der Waals surface area contributed by atoms with E-state index in [0.29, 0.717) is 17.5 Å². The molecule has 0 aliphatic carbocycles. The van der Waals surface area contributed by atoms with Crippen LogP contribution in [0.15, 0.2) is 36.4 Å². The van der Waals surface area contributed by atoms with Crippen molar-refractivity contribution in [1.82, 2.24) is 0 Å². The number of ketones is 1. The predicted molar refractivity (Wildman–Crippen MR) is 92.2 cm³/mol. The van der Waals surface area contributed by atoms with Gasteiger partial charge in [0.25, 0.3) is 0 Å². The van der Waals surface area contributed by atoms with E-state index in [4.69, 9.17) is 5.26 Å². The lowest BCUT2D eigenvalue weighted by Crippen LogP contribution is -1.98. The van der Waals surface area contributed by atoms with E-state index in [1.54, 1.807) is 18.2 Å². The molecule has 2 rings (SSSR count). The molecule has 0 aliphatic heterocycles. The second-order valence-electron chi connectivity index (χ2n) is 5.40. The first kappa shape index (κ1) is 16.5. The third-order valence-corrected chi connectivity index (χ3v) is 3.69. The number of Topliss-reactive ketones (excluding diaryl/α,β-unsaturated/α-hetero) is 1. The van der Waals surface area contributed by atoms with E-state index in [9.17, 15) is 9.90 Å². The Labute approximate surface area is 136 Å². The van der Waals surface area contributed by atoms with Crippen LogP contribution in [0.1, 0.15) is 52.9 Å². The third-order valence-electron chi connectivity index (χ3n) is 3.69. The first-order valence-electron chi connectivity index (χ1n) is 7.60. The molecular formula is C20H19NO2. The van der Waals surface area contributed by atoms with E-state index in [2.05, 4.69) is 6.07 Å². The summed E-state index contributed by atoms with van der Waals surface area (Å²) in [5, 5.41) is 19.2. The summed E-state index contributed by atoms with van der Waals surface area (Å²) in [6.45, 7) is 3.49. The summed E-state index contributed by atoms with van der Waals surface area (Å²) in [4.78, 5) is 11.6. The number of rotatable bonds is 5. The van der Waals surface area contributed by atoms with Crippen LogP contribution in [0.3, 0.4) is 0 Å². The average Bonchev–Trinajstić information content (AvgIpc) is 2.55. The Bertz CT molecular complexity index is 781. The summed E-state index contributed by atoms with van der Waals surface area (Å²) in [7, 11) is 0. The van der Waals surface area contributed by atoms with Crippen molar-refractivity contribution in [3.63, 3.8) is 0 Å². The first-order chi connectivity index (χ1) is 11.1. The Balaban J connectivity index is 2.38. The summed E-state index contributed by atoms with van der Waals surface area (Å²) >= 11 is 0. The lowest BCUT2D eigenvalue weighted by molar-refractivity contribution is 0.101. The van der Waals surface area contributed by atoms with Gasteiger partial charge in [-0.05, 0) is 42.7 Å². The quantitative estimate of drug-likeness (QED) is 0.649. The van der Waals surface area contributed by atoms with Gasteiger partial charge in [-0.25, -0.2) is 0 Å². The molecule has 0 radical (unpaired) electrons. The van der Waals surface area contributed by atoms with Gasteiger partial charge in [0, 0.05) is 5.56 Å². The van der Waals surface area contributed by atoms with E-state index >= 15 is 0 Å². The van der Waals surface area contributed by atoms with Gasteiger partial charge < -0.3 is 5.11 Å². The number of carbonyl (C=O) groups excluding carboxylic acids is 1. The lowest BCUT2D eigenvalue weighted by Gasteiger charge is -2.11. The standard InChI is InChI=1S/C20H19NO2/c1-3-4-19-17(11-12-18(14(2)22)20(19)23)10-9-15-5-7-16(13-21)8-6-15/h5-12,23H,3-4H2,1-2H3. The fraction of sp³-hybridized carbons (Fsp3) is 0.200. The molecule has 0 fully saturated rings. The van der Waals surface area contributed by atoms with Crippen molar-refractivity contribution in [2.75, 3.05) is 0 Å². The van der Waals surface area contributed by atoms with Crippen LogP contribution in [0.4, 0.5) is 0 Å². The van der Waals surface area contributed by atoms with Crippen molar-refractivity contribution in [3.8, 4) is 11.8 Å². The van der Waals surface area contributed by atoms with Crippen LogP contribution in [0.2, 0.25) is 0 Å². The average molecular weight is 305 g/mol. The van der Waals surface area contributed by atoms with Gasteiger partial charge in [-0.2, -0.15) is 5.26 Å². The molecule has 0 spiro atoms. The molecule has 3 heteroatoms. The molecule has 23 heavy (non-hydrogen) atoms. The maximum Gasteiger partial charge on any atom is 0.163 e. The Morgan fingerprint density at radius 1 is 1.17 bits per heavy atom. The second-order valence-corrected chi connectivity index (χ2v) is 5.40. The van der Waals surface area contributed by atoms with Crippen molar-refractivity contribution in [1.29, 1.82) is 5.26 Å². The molecule has 116 valence electrons. The first-order valence-corrected chi connectivity index (χ1v) is 7.60. The van der Waals surface area contributed by atoms with Crippen molar-refractivity contribution in [2.24, 2.45) is 0 Å². The molecule has 0 saturated carbocycles. The molecule has 0 unspecified atom stereocenters. The highest BCUT2D eigenvalue weighted by molar-refractivity contribution is 5.97. The number of nitrogens with zero attached hydrogens (tertiary/aromatic N) is 1. The zero-order valence-corrected chi connectivity index (χ0v) is 13.3. The highest BCUT2D eigenvalue weighted by atomic mass is 16.3. The molecule has 0 aromatic heterocycles. The van der Waals surface area contributed by atoms with Crippen LogP contribution >= 0.6 is 0 Å². The molecule has 0 heterocycles. The fourth-order valence-electron chi connectivity index (χ4n) is 2.46. The number of phenols is 1. The van der Waals surface area contributed by atoms with Crippen molar-refractivity contribution in [2.45, 2.75) is 26.7 Å². The van der Waals surface area contributed by atoms with E-state index in [0.717, 1.165) is 23.1 Å². The van der Waals surface area contributed by atoms with Crippen LogP contribution in [0, 0.1) is 11.3 Å². The number of aromatic hydroxyl groups is 1. The summed E-state index contributed by atoms with van der Waals surface area (Å²) in [6.07, 6.45) is 5.45. The van der Waals surface area contributed by atoms with Crippen molar-refractivity contribution < 1.29 is 9.90 Å². The zero-order chi connectivity index (χ0) is 16.8. The largest absolute Gasteiger partial charge is 0.507 e. The number of hydrogen-bond acceptors (Lipinski definition) is 3. The van der Waals surface area contributed by atoms with Gasteiger partial charge >= 0.3 is 0 Å². The number of phenolic OH excluding ortho intramolecular Hbond substituents is 1. The van der Waals surface area contributed by atoms with Gasteiger partial charge in [0.1, 0.15) is 5.75 Å². The fourth-order valence-corrected chi connectivity index (χ4v) is 2.46. The molecule has 0 atom stereocenters. The van der Waals surface area contributed by atoms with Gasteiger partial charge in [-0.3, -0.25) is 4.79 Å². The highest BCUT2D eigenvalue weighted by Crippen LogP contribution is 2.29. The lowest BCUT2D eigenvalue weighted by atomic mass is 9.96. The minimum absolute atomic E-state index is 0.0846. The summed E-state index contributed by atoms with van der Waals surface area (Å²) in [5.74, 6) is -0.0520. The van der Waals surface area contributed by atoms with Gasteiger partial charge in [0.2, 0.25) is 0 Å². The predicted octanol–water partition coefficient (Wildman–Crippen LogP) is 4.59. The Morgan fingerprint density at radius 2 is 1.87 bits per heavy atom. The second kappa shape index (κ2) is 7.42. The minimum atomic E-state index is -0.137. The zero-order valence-electron chi connectivity index (χ0n) is 13.3. The number of carbonyl (C=O) groups is 1. The molecule has 2 aromatic rings. The van der Waals surface area contributed by atoms with Crippen LogP contribution in [-0.4, -0.2) is 10.9 Å². The Morgan fingerprint density at radius 3 is 2.43 bits per heavy atom. The Hall–Kier alpha value is -2.86. The maximum absolute atomic E-state index is 11.6. The van der Waals surface area contributed by atoms with Crippen LogP contribution in [-0.2, 0) is 6.42 Å². The van der Waals surface area contributed by atoms with Crippen molar-refractivity contribution >= 4 is 17.9 Å². The van der Waals surface area contributed by atoms with Crippen molar-refractivity contribution in [3.05, 3.63) is 64.2 Å².